The molecule has 3 aromatic rings. The number of rotatable bonds is 6. The zero-order chi connectivity index (χ0) is 22.8. The lowest BCUT2D eigenvalue weighted by molar-refractivity contribution is -0.384. The molecule has 32 heavy (non-hydrogen) atoms. The zero-order valence-corrected chi connectivity index (χ0v) is 18.4. The van der Waals surface area contributed by atoms with Crippen molar-refractivity contribution >= 4 is 40.5 Å². The van der Waals surface area contributed by atoms with Crippen LogP contribution in [-0.4, -0.2) is 16.7 Å². The highest BCUT2D eigenvalue weighted by molar-refractivity contribution is 8.03. The smallest absolute Gasteiger partial charge is 0.268 e. The number of hydrogen-bond acceptors (Lipinski definition) is 5. The van der Waals surface area contributed by atoms with E-state index >= 15 is 0 Å². The summed E-state index contributed by atoms with van der Waals surface area (Å²) < 4.78 is 0. The third-order valence-corrected chi connectivity index (χ3v) is 6.38. The van der Waals surface area contributed by atoms with Crippen LogP contribution in [0.3, 0.4) is 0 Å². The van der Waals surface area contributed by atoms with Gasteiger partial charge in [-0.2, -0.15) is 0 Å². The number of nitro groups is 1. The first kappa shape index (κ1) is 21.5. The molecule has 2 amide bonds. The van der Waals surface area contributed by atoms with Crippen LogP contribution in [0.4, 0.5) is 11.4 Å². The number of amides is 2. The van der Waals surface area contributed by atoms with Gasteiger partial charge < -0.3 is 0 Å². The summed E-state index contributed by atoms with van der Waals surface area (Å²) in [4.78, 5) is 39.1. The fourth-order valence-corrected chi connectivity index (χ4v) is 4.62. The highest BCUT2D eigenvalue weighted by Crippen LogP contribution is 2.40. The maximum Gasteiger partial charge on any atom is 0.272 e. The Labute approximate surface area is 189 Å². The number of non-ortho nitro benzene ring substituents is 1. The van der Waals surface area contributed by atoms with Gasteiger partial charge in [-0.15, -0.1) is 11.8 Å². The molecule has 0 unspecified atom stereocenters. The second-order valence-corrected chi connectivity index (χ2v) is 8.50. The largest absolute Gasteiger partial charge is 0.272 e. The number of anilines is 1. The molecule has 1 heterocycles. The van der Waals surface area contributed by atoms with Gasteiger partial charge in [-0.3, -0.25) is 19.7 Å². The predicted molar refractivity (Wildman–Crippen MR) is 126 cm³/mol. The van der Waals surface area contributed by atoms with Gasteiger partial charge in [0.1, 0.15) is 0 Å². The van der Waals surface area contributed by atoms with Gasteiger partial charge in [0.05, 0.1) is 21.1 Å². The van der Waals surface area contributed by atoms with Crippen LogP contribution in [0.2, 0.25) is 0 Å². The zero-order valence-electron chi connectivity index (χ0n) is 17.6. The van der Waals surface area contributed by atoms with Crippen LogP contribution in [0, 0.1) is 24.0 Å². The van der Waals surface area contributed by atoms with E-state index in [1.807, 2.05) is 62.4 Å². The number of imide groups is 1. The van der Waals surface area contributed by atoms with Crippen molar-refractivity contribution in [3.8, 4) is 0 Å². The molecule has 160 valence electrons. The average molecular weight is 445 g/mol. The highest BCUT2D eigenvalue weighted by Gasteiger charge is 2.40. The fourth-order valence-electron chi connectivity index (χ4n) is 3.56. The van der Waals surface area contributed by atoms with E-state index in [0.29, 0.717) is 21.9 Å². The first-order valence-corrected chi connectivity index (χ1v) is 11.0. The topological polar surface area (TPSA) is 80.5 Å². The number of benzene rings is 3. The molecule has 1 aliphatic heterocycles. The van der Waals surface area contributed by atoms with Crippen LogP contribution in [0.25, 0.3) is 5.57 Å². The lowest BCUT2D eigenvalue weighted by Gasteiger charge is -2.18. The van der Waals surface area contributed by atoms with Gasteiger partial charge in [0.25, 0.3) is 17.5 Å². The minimum absolute atomic E-state index is 0.0732. The minimum Gasteiger partial charge on any atom is -0.268 e. The second-order valence-electron chi connectivity index (χ2n) is 7.52. The summed E-state index contributed by atoms with van der Waals surface area (Å²) >= 11 is 1.30. The number of nitrogens with zero attached hydrogens (tertiary/aromatic N) is 2. The van der Waals surface area contributed by atoms with Gasteiger partial charge in [-0.05, 0) is 54.3 Å². The van der Waals surface area contributed by atoms with Crippen molar-refractivity contribution in [2.75, 3.05) is 4.90 Å². The summed E-state index contributed by atoms with van der Waals surface area (Å²) in [5, 5.41) is 11.0. The number of thioether (sulfide) groups is 1. The number of nitro benzene ring substituents is 1. The van der Waals surface area contributed by atoms with Gasteiger partial charge in [0, 0.05) is 17.9 Å². The van der Waals surface area contributed by atoms with Crippen molar-refractivity contribution in [2.45, 2.75) is 19.6 Å². The van der Waals surface area contributed by atoms with E-state index < -0.39 is 10.8 Å². The molecule has 0 aromatic heterocycles. The van der Waals surface area contributed by atoms with Crippen molar-refractivity contribution in [1.82, 2.24) is 0 Å². The molecule has 0 radical (unpaired) electrons. The number of hydrogen-bond donors (Lipinski definition) is 0. The van der Waals surface area contributed by atoms with Gasteiger partial charge in [0.15, 0.2) is 0 Å². The molecular weight excluding hydrogens is 424 g/mol. The predicted octanol–water partition coefficient (Wildman–Crippen LogP) is 5.43. The van der Waals surface area contributed by atoms with Crippen molar-refractivity contribution in [1.29, 1.82) is 0 Å². The third kappa shape index (κ3) is 4.07. The van der Waals surface area contributed by atoms with Gasteiger partial charge >= 0.3 is 0 Å². The molecule has 1 aliphatic rings. The summed E-state index contributed by atoms with van der Waals surface area (Å²) in [6, 6.07) is 21.1. The molecule has 7 heteroatoms. The monoisotopic (exact) mass is 444 g/mol. The Morgan fingerprint density at radius 2 is 1.59 bits per heavy atom. The van der Waals surface area contributed by atoms with E-state index in [2.05, 4.69) is 0 Å². The minimum atomic E-state index is -0.493. The third-order valence-electron chi connectivity index (χ3n) is 5.24. The highest BCUT2D eigenvalue weighted by atomic mass is 32.2. The van der Waals surface area contributed by atoms with E-state index in [0.717, 1.165) is 16.7 Å². The standard InChI is InChI=1S/C25H20N2O4S/c1-16-8-9-17(2)21(14-16)26-24(28)22(19-10-12-20(13-11-19)27(30)31)23(25(26)29)32-15-18-6-4-3-5-7-18/h3-14H,15H2,1-2H3. The maximum absolute atomic E-state index is 13.5. The molecule has 0 saturated heterocycles. The molecular formula is C25H20N2O4S. The molecule has 0 atom stereocenters. The average Bonchev–Trinajstić information content (AvgIpc) is 3.04. The molecule has 0 aliphatic carbocycles. The maximum atomic E-state index is 13.5. The molecule has 0 fully saturated rings. The van der Waals surface area contributed by atoms with Crippen molar-refractivity contribution < 1.29 is 14.5 Å². The quantitative estimate of drug-likeness (QED) is 0.288. The fraction of sp³-hybridized carbons (Fsp3) is 0.120. The van der Waals surface area contributed by atoms with Gasteiger partial charge in [-0.1, -0.05) is 42.5 Å². The summed E-state index contributed by atoms with van der Waals surface area (Å²) in [5.74, 6) is -0.280. The number of aryl methyl sites for hydroxylation is 2. The summed E-state index contributed by atoms with van der Waals surface area (Å²) in [7, 11) is 0. The molecule has 4 rings (SSSR count). The van der Waals surface area contributed by atoms with Crippen molar-refractivity contribution in [3.63, 3.8) is 0 Å². The Morgan fingerprint density at radius 1 is 0.906 bits per heavy atom. The Hall–Kier alpha value is -3.71. The number of carbonyl (C=O) groups is 2. The summed E-state index contributed by atoms with van der Waals surface area (Å²) in [6.07, 6.45) is 0. The molecule has 3 aromatic carbocycles. The van der Waals surface area contributed by atoms with E-state index in [1.54, 1.807) is 0 Å². The first-order valence-electron chi connectivity index (χ1n) is 9.98. The Bertz CT molecular complexity index is 1250. The van der Waals surface area contributed by atoms with Gasteiger partial charge in [0.2, 0.25) is 0 Å². The van der Waals surface area contributed by atoms with Crippen LogP contribution in [0.15, 0.2) is 77.7 Å². The normalized spacial score (nSPS) is 13.8. The lowest BCUT2D eigenvalue weighted by atomic mass is 10.1. The Morgan fingerprint density at radius 3 is 2.25 bits per heavy atom. The van der Waals surface area contributed by atoms with Crippen LogP contribution < -0.4 is 4.90 Å². The Balaban J connectivity index is 1.78. The summed E-state index contributed by atoms with van der Waals surface area (Å²) in [5.41, 5.74) is 4.01. The molecule has 0 saturated carbocycles. The molecule has 6 nitrogen and oxygen atoms in total. The van der Waals surface area contributed by atoms with Crippen LogP contribution in [-0.2, 0) is 15.3 Å². The molecule has 0 N–H and O–H groups in total. The first-order chi connectivity index (χ1) is 15.4. The van der Waals surface area contributed by atoms with E-state index in [9.17, 15) is 19.7 Å². The second kappa shape index (κ2) is 8.80. The van der Waals surface area contributed by atoms with E-state index in [4.69, 9.17) is 0 Å². The van der Waals surface area contributed by atoms with Crippen LogP contribution >= 0.6 is 11.8 Å². The van der Waals surface area contributed by atoms with Crippen molar-refractivity contribution in [2.24, 2.45) is 0 Å². The number of carbonyl (C=O) groups excluding carboxylic acids is 2. The van der Waals surface area contributed by atoms with Crippen LogP contribution in [0.5, 0.6) is 0 Å². The summed E-state index contributed by atoms with van der Waals surface area (Å²) in [6.45, 7) is 3.76. The lowest BCUT2D eigenvalue weighted by Crippen LogP contribution is -2.32. The SMILES string of the molecule is Cc1ccc(C)c(N2C(=O)C(SCc3ccccc3)=C(c3ccc([N+](=O)[O-])cc3)C2=O)c1. The Kier molecular flexibility index (Phi) is 5.92. The molecule has 0 spiro atoms. The van der Waals surface area contributed by atoms with Crippen molar-refractivity contribution in [3.05, 3.63) is 110 Å². The molecule has 0 bridgehead atoms. The van der Waals surface area contributed by atoms with E-state index in [-0.39, 0.29) is 17.2 Å². The van der Waals surface area contributed by atoms with Gasteiger partial charge in [-0.25, -0.2) is 4.90 Å². The van der Waals surface area contributed by atoms with Crippen LogP contribution in [0.1, 0.15) is 22.3 Å². The van der Waals surface area contributed by atoms with E-state index in [1.165, 1.54) is 40.9 Å².